The number of thioether (sulfide) groups is 1. The second-order valence-corrected chi connectivity index (χ2v) is 8.25. The molecule has 2 aromatic carbocycles. The minimum Gasteiger partial charge on any atom is -0.493 e. The van der Waals surface area contributed by atoms with Gasteiger partial charge in [0.1, 0.15) is 0 Å². The van der Waals surface area contributed by atoms with E-state index in [1.165, 1.54) is 16.2 Å². The van der Waals surface area contributed by atoms with Crippen LogP contribution in [-0.4, -0.2) is 30.4 Å². The van der Waals surface area contributed by atoms with Gasteiger partial charge in [-0.25, -0.2) is 0 Å². The van der Waals surface area contributed by atoms with Crippen LogP contribution in [0.25, 0.3) is 10.2 Å². The van der Waals surface area contributed by atoms with Crippen LogP contribution in [0, 0.1) is 0 Å². The van der Waals surface area contributed by atoms with Crippen molar-refractivity contribution in [2.45, 2.75) is 31.2 Å². The van der Waals surface area contributed by atoms with Crippen LogP contribution in [0.15, 0.2) is 52.4 Å². The Morgan fingerprint density at radius 2 is 1.86 bits per heavy atom. The third-order valence-corrected chi connectivity index (χ3v) is 6.41. The summed E-state index contributed by atoms with van der Waals surface area (Å²) >= 11 is 3.26. The number of carbonyl (C=O) groups is 1. The van der Waals surface area contributed by atoms with Crippen molar-refractivity contribution in [3.8, 4) is 11.5 Å². The van der Waals surface area contributed by atoms with Gasteiger partial charge in [-0.05, 0) is 31.2 Å². The zero-order valence-electron chi connectivity index (χ0n) is 16.3. The van der Waals surface area contributed by atoms with Gasteiger partial charge in [0.15, 0.2) is 16.3 Å². The zero-order chi connectivity index (χ0) is 19.9. The third kappa shape index (κ3) is 4.77. The van der Waals surface area contributed by atoms with Crippen LogP contribution in [0.3, 0.4) is 0 Å². The maximum atomic E-state index is 12.4. The quantitative estimate of drug-likeness (QED) is 0.393. The number of hydrogen-bond acceptors (Lipinski definition) is 5. The van der Waals surface area contributed by atoms with Gasteiger partial charge in [-0.3, -0.25) is 4.79 Å². The lowest BCUT2D eigenvalue weighted by Crippen LogP contribution is -2.15. The molecular formula is C21H24N2O3S2. The van der Waals surface area contributed by atoms with Crippen molar-refractivity contribution in [1.82, 2.24) is 4.57 Å². The first-order valence-electron chi connectivity index (χ1n) is 9.17. The molecule has 3 rings (SSSR count). The molecule has 0 atom stereocenters. The molecule has 3 aromatic rings. The highest BCUT2D eigenvalue weighted by atomic mass is 32.2. The van der Waals surface area contributed by atoms with Gasteiger partial charge in [0, 0.05) is 30.0 Å². The van der Waals surface area contributed by atoms with Gasteiger partial charge in [0.25, 0.3) is 0 Å². The summed E-state index contributed by atoms with van der Waals surface area (Å²) in [5.41, 5.74) is 0.997. The standard InChI is InChI=1S/C21H24N2O3S2/c1-4-23-16-13-17(25-2)18(26-3)14-19(16)28-21(23)22-20(24)11-8-12-27-15-9-6-5-7-10-15/h5-7,9-10,13-14H,4,8,11-12H2,1-3H3. The monoisotopic (exact) mass is 416 g/mol. The molecule has 0 saturated carbocycles. The van der Waals surface area contributed by atoms with E-state index >= 15 is 0 Å². The van der Waals surface area contributed by atoms with Crippen LogP contribution in [0.5, 0.6) is 11.5 Å². The predicted octanol–water partition coefficient (Wildman–Crippen LogP) is 4.74. The Morgan fingerprint density at radius 1 is 1.14 bits per heavy atom. The molecule has 148 valence electrons. The molecule has 0 N–H and O–H groups in total. The van der Waals surface area contributed by atoms with E-state index in [-0.39, 0.29) is 5.91 Å². The molecule has 0 bridgehead atoms. The Hall–Kier alpha value is -2.25. The molecule has 0 fully saturated rings. The number of fused-ring (bicyclic) bond motifs is 1. The van der Waals surface area contributed by atoms with E-state index in [1.807, 2.05) is 41.8 Å². The first-order valence-corrected chi connectivity index (χ1v) is 11.0. The predicted molar refractivity (Wildman–Crippen MR) is 116 cm³/mol. The van der Waals surface area contributed by atoms with E-state index in [4.69, 9.17) is 9.47 Å². The zero-order valence-corrected chi connectivity index (χ0v) is 17.9. The number of methoxy groups -OCH3 is 2. The van der Waals surface area contributed by atoms with E-state index in [0.717, 1.165) is 28.9 Å². The minimum absolute atomic E-state index is 0.0821. The van der Waals surface area contributed by atoms with Gasteiger partial charge in [0.05, 0.1) is 24.4 Å². The first kappa shape index (κ1) is 20.5. The fraction of sp³-hybridized carbons (Fsp3) is 0.333. The van der Waals surface area contributed by atoms with Crippen molar-refractivity contribution in [2.75, 3.05) is 20.0 Å². The number of carbonyl (C=O) groups excluding carboxylic acids is 1. The van der Waals surface area contributed by atoms with Crippen LogP contribution in [0.2, 0.25) is 0 Å². The van der Waals surface area contributed by atoms with Crippen LogP contribution in [0.4, 0.5) is 0 Å². The van der Waals surface area contributed by atoms with E-state index in [1.54, 1.807) is 26.0 Å². The van der Waals surface area contributed by atoms with Gasteiger partial charge in [-0.15, -0.1) is 11.8 Å². The van der Waals surface area contributed by atoms with Crippen LogP contribution < -0.4 is 14.3 Å². The summed E-state index contributed by atoms with van der Waals surface area (Å²) < 4.78 is 13.8. The van der Waals surface area contributed by atoms with E-state index < -0.39 is 0 Å². The smallest absolute Gasteiger partial charge is 0.248 e. The van der Waals surface area contributed by atoms with Crippen molar-refractivity contribution in [1.29, 1.82) is 0 Å². The van der Waals surface area contributed by atoms with Gasteiger partial charge >= 0.3 is 0 Å². The maximum Gasteiger partial charge on any atom is 0.248 e. The number of thiazole rings is 1. The Bertz CT molecular complexity index is 1010. The number of rotatable bonds is 8. The molecule has 1 heterocycles. The summed E-state index contributed by atoms with van der Waals surface area (Å²) in [6.07, 6.45) is 1.25. The lowest BCUT2D eigenvalue weighted by Gasteiger charge is -2.08. The normalized spacial score (nSPS) is 11.8. The van der Waals surface area contributed by atoms with Crippen LogP contribution >= 0.6 is 23.1 Å². The maximum absolute atomic E-state index is 12.4. The fourth-order valence-corrected chi connectivity index (χ4v) is 4.88. The van der Waals surface area contributed by atoms with Gasteiger partial charge in [-0.1, -0.05) is 29.5 Å². The van der Waals surface area contributed by atoms with Crippen molar-refractivity contribution in [3.05, 3.63) is 47.3 Å². The highest BCUT2D eigenvalue weighted by Gasteiger charge is 2.12. The molecular weight excluding hydrogens is 392 g/mol. The molecule has 0 aliphatic carbocycles. The largest absolute Gasteiger partial charge is 0.493 e. The number of nitrogens with zero attached hydrogens (tertiary/aromatic N) is 2. The van der Waals surface area contributed by atoms with Crippen molar-refractivity contribution >= 4 is 39.2 Å². The molecule has 0 spiro atoms. The minimum atomic E-state index is -0.0821. The summed E-state index contributed by atoms with van der Waals surface area (Å²) in [7, 11) is 3.24. The molecule has 7 heteroatoms. The molecule has 1 aromatic heterocycles. The third-order valence-electron chi connectivity index (χ3n) is 4.27. The molecule has 0 radical (unpaired) electrons. The molecule has 0 aliphatic rings. The number of hydrogen-bond donors (Lipinski definition) is 0. The van der Waals surface area contributed by atoms with Crippen LogP contribution in [-0.2, 0) is 11.3 Å². The molecule has 28 heavy (non-hydrogen) atoms. The first-order chi connectivity index (χ1) is 13.7. The van der Waals surface area contributed by atoms with Gasteiger partial charge in [0.2, 0.25) is 5.91 Å². The van der Waals surface area contributed by atoms with Crippen molar-refractivity contribution < 1.29 is 14.3 Å². The number of amides is 1. The Kier molecular flexibility index (Phi) is 7.17. The second-order valence-electron chi connectivity index (χ2n) is 6.07. The lowest BCUT2D eigenvalue weighted by atomic mass is 10.3. The number of benzene rings is 2. The molecule has 0 saturated heterocycles. The average molecular weight is 417 g/mol. The highest BCUT2D eigenvalue weighted by Crippen LogP contribution is 2.33. The SMILES string of the molecule is CCn1c(=NC(=O)CCCSc2ccccc2)sc2cc(OC)c(OC)cc21. The number of aromatic nitrogens is 1. The average Bonchev–Trinajstić information content (AvgIpc) is 3.06. The Morgan fingerprint density at radius 3 is 2.54 bits per heavy atom. The van der Waals surface area contributed by atoms with E-state index in [0.29, 0.717) is 22.7 Å². The van der Waals surface area contributed by atoms with Crippen molar-refractivity contribution in [2.24, 2.45) is 4.99 Å². The summed E-state index contributed by atoms with van der Waals surface area (Å²) in [6.45, 7) is 2.77. The van der Waals surface area contributed by atoms with Crippen molar-refractivity contribution in [3.63, 3.8) is 0 Å². The van der Waals surface area contributed by atoms with Gasteiger partial charge < -0.3 is 14.0 Å². The summed E-state index contributed by atoms with van der Waals surface area (Å²) in [5.74, 6) is 2.17. The molecule has 5 nitrogen and oxygen atoms in total. The highest BCUT2D eigenvalue weighted by molar-refractivity contribution is 7.99. The summed E-state index contributed by atoms with van der Waals surface area (Å²) in [6, 6.07) is 14.1. The summed E-state index contributed by atoms with van der Waals surface area (Å²) in [4.78, 5) is 18.7. The molecule has 1 amide bonds. The Labute approximate surface area is 173 Å². The summed E-state index contributed by atoms with van der Waals surface area (Å²) in [5, 5.41) is 0. The Balaban J connectivity index is 1.74. The van der Waals surface area contributed by atoms with Crippen LogP contribution in [0.1, 0.15) is 19.8 Å². The number of ether oxygens (including phenoxy) is 2. The van der Waals surface area contributed by atoms with E-state index in [2.05, 4.69) is 17.1 Å². The second kappa shape index (κ2) is 9.80. The molecule has 0 unspecified atom stereocenters. The lowest BCUT2D eigenvalue weighted by molar-refractivity contribution is -0.118. The fourth-order valence-electron chi connectivity index (χ4n) is 2.88. The van der Waals surface area contributed by atoms with E-state index in [9.17, 15) is 4.79 Å². The van der Waals surface area contributed by atoms with Gasteiger partial charge in [-0.2, -0.15) is 4.99 Å². The topological polar surface area (TPSA) is 52.8 Å². The number of aryl methyl sites for hydroxylation is 1. The molecule has 0 aliphatic heterocycles.